The zero-order valence-electron chi connectivity index (χ0n) is 10.9. The molecular weight excluding hydrogens is 340 g/mol. The van der Waals surface area contributed by atoms with Crippen LogP contribution in [0.3, 0.4) is 0 Å². The van der Waals surface area contributed by atoms with E-state index < -0.39 is 0 Å². The average Bonchev–Trinajstić information content (AvgIpc) is 2.88. The monoisotopic (exact) mass is 354 g/mol. The van der Waals surface area contributed by atoms with E-state index >= 15 is 0 Å². The third-order valence-corrected chi connectivity index (χ3v) is 4.37. The number of nitrogens with one attached hydrogen (secondary N) is 1. The van der Waals surface area contributed by atoms with Gasteiger partial charge < -0.3 is 10.6 Å². The van der Waals surface area contributed by atoms with E-state index in [4.69, 9.17) is 17.3 Å². The Kier molecular flexibility index (Phi) is 4.01. The first-order valence-corrected chi connectivity index (χ1v) is 7.82. The highest BCUT2D eigenvalue weighted by molar-refractivity contribution is 9.10. The number of halogens is 2. The molecule has 0 saturated carbocycles. The molecule has 1 atom stereocenters. The van der Waals surface area contributed by atoms with Gasteiger partial charge in [0.15, 0.2) is 5.82 Å². The molecule has 3 N–H and O–H groups in total. The van der Waals surface area contributed by atoms with Crippen LogP contribution in [0.5, 0.6) is 0 Å². The SMILES string of the molecule is NC1CCCN(c2cc(-c3ccc(Br)cc3Cl)[nH]n2)C1. The third-order valence-electron chi connectivity index (χ3n) is 3.57. The first-order valence-electron chi connectivity index (χ1n) is 6.65. The molecule has 1 unspecified atom stereocenters. The van der Waals surface area contributed by atoms with Crippen LogP contribution in [0, 0.1) is 0 Å². The third kappa shape index (κ3) is 2.85. The Morgan fingerprint density at radius 1 is 1.40 bits per heavy atom. The fourth-order valence-corrected chi connectivity index (χ4v) is 3.31. The van der Waals surface area contributed by atoms with Crippen LogP contribution in [-0.4, -0.2) is 29.3 Å². The van der Waals surface area contributed by atoms with Crippen LogP contribution in [-0.2, 0) is 0 Å². The van der Waals surface area contributed by atoms with Crippen molar-refractivity contribution in [2.45, 2.75) is 18.9 Å². The van der Waals surface area contributed by atoms with E-state index in [1.807, 2.05) is 24.3 Å². The molecule has 1 fully saturated rings. The molecule has 1 aliphatic rings. The van der Waals surface area contributed by atoms with Gasteiger partial charge >= 0.3 is 0 Å². The van der Waals surface area contributed by atoms with Gasteiger partial charge in [0.05, 0.1) is 10.7 Å². The zero-order chi connectivity index (χ0) is 14.1. The van der Waals surface area contributed by atoms with Gasteiger partial charge in [-0.3, -0.25) is 5.10 Å². The van der Waals surface area contributed by atoms with Gasteiger partial charge in [0.2, 0.25) is 0 Å². The van der Waals surface area contributed by atoms with Gasteiger partial charge in [0.1, 0.15) is 0 Å². The van der Waals surface area contributed by atoms with E-state index in [0.717, 1.165) is 47.5 Å². The number of nitrogens with zero attached hydrogens (tertiary/aromatic N) is 2. The summed E-state index contributed by atoms with van der Waals surface area (Å²) in [6, 6.07) is 8.10. The van der Waals surface area contributed by atoms with E-state index in [-0.39, 0.29) is 6.04 Å². The first-order chi connectivity index (χ1) is 9.63. The number of benzene rings is 1. The summed E-state index contributed by atoms with van der Waals surface area (Å²) in [7, 11) is 0. The van der Waals surface area contributed by atoms with Gasteiger partial charge in [-0.2, -0.15) is 5.10 Å². The topological polar surface area (TPSA) is 57.9 Å². The van der Waals surface area contributed by atoms with Crippen LogP contribution < -0.4 is 10.6 Å². The van der Waals surface area contributed by atoms with E-state index in [2.05, 4.69) is 31.0 Å². The molecule has 1 aromatic heterocycles. The van der Waals surface area contributed by atoms with Crippen molar-refractivity contribution in [1.29, 1.82) is 0 Å². The molecular formula is C14H16BrClN4. The molecule has 2 aromatic rings. The van der Waals surface area contributed by atoms with E-state index in [1.54, 1.807) is 0 Å². The first kappa shape index (κ1) is 13.9. The lowest BCUT2D eigenvalue weighted by Crippen LogP contribution is -2.43. The molecule has 0 aliphatic carbocycles. The summed E-state index contributed by atoms with van der Waals surface area (Å²) in [5.74, 6) is 0.939. The van der Waals surface area contributed by atoms with Gasteiger partial charge in [-0.15, -0.1) is 0 Å². The van der Waals surface area contributed by atoms with E-state index in [0.29, 0.717) is 5.02 Å². The van der Waals surface area contributed by atoms with Crippen molar-refractivity contribution >= 4 is 33.3 Å². The lowest BCUT2D eigenvalue weighted by atomic mass is 10.1. The van der Waals surface area contributed by atoms with Gasteiger partial charge in [0.25, 0.3) is 0 Å². The minimum atomic E-state index is 0.236. The summed E-state index contributed by atoms with van der Waals surface area (Å²) < 4.78 is 0.966. The Labute approximate surface area is 131 Å². The summed E-state index contributed by atoms with van der Waals surface area (Å²) in [5.41, 5.74) is 7.90. The molecule has 3 rings (SSSR count). The summed E-state index contributed by atoms with van der Waals surface area (Å²) in [5, 5.41) is 8.15. The number of H-pyrrole nitrogens is 1. The molecule has 1 aromatic carbocycles. The number of rotatable bonds is 2. The smallest absolute Gasteiger partial charge is 0.151 e. The Morgan fingerprint density at radius 2 is 2.25 bits per heavy atom. The number of piperidine rings is 1. The Balaban J connectivity index is 1.86. The molecule has 20 heavy (non-hydrogen) atoms. The number of anilines is 1. The van der Waals surface area contributed by atoms with Crippen molar-refractivity contribution in [2.75, 3.05) is 18.0 Å². The Morgan fingerprint density at radius 3 is 3.00 bits per heavy atom. The van der Waals surface area contributed by atoms with Crippen LogP contribution in [0.1, 0.15) is 12.8 Å². The van der Waals surface area contributed by atoms with Crippen LogP contribution in [0.25, 0.3) is 11.3 Å². The number of aromatic nitrogens is 2. The van der Waals surface area contributed by atoms with Crippen LogP contribution in [0.4, 0.5) is 5.82 Å². The molecule has 4 nitrogen and oxygen atoms in total. The van der Waals surface area contributed by atoms with Crippen LogP contribution in [0.2, 0.25) is 5.02 Å². The maximum atomic E-state index is 6.27. The second-order valence-electron chi connectivity index (χ2n) is 5.11. The molecule has 106 valence electrons. The van der Waals surface area contributed by atoms with Gasteiger partial charge in [-0.25, -0.2) is 0 Å². The van der Waals surface area contributed by atoms with Crippen molar-refractivity contribution in [1.82, 2.24) is 10.2 Å². The van der Waals surface area contributed by atoms with Crippen molar-refractivity contribution in [3.63, 3.8) is 0 Å². The quantitative estimate of drug-likeness (QED) is 0.868. The lowest BCUT2D eigenvalue weighted by Gasteiger charge is -2.30. The predicted molar refractivity (Wildman–Crippen MR) is 86.2 cm³/mol. The van der Waals surface area contributed by atoms with Crippen LogP contribution in [0.15, 0.2) is 28.7 Å². The fraction of sp³-hybridized carbons (Fsp3) is 0.357. The van der Waals surface area contributed by atoms with Gasteiger partial charge in [-0.1, -0.05) is 33.6 Å². The average molecular weight is 356 g/mol. The Hall–Kier alpha value is -1.04. The molecule has 2 heterocycles. The number of hydrogen-bond donors (Lipinski definition) is 2. The van der Waals surface area contributed by atoms with Crippen LogP contribution >= 0.6 is 27.5 Å². The van der Waals surface area contributed by atoms with Crippen molar-refractivity contribution < 1.29 is 0 Å². The highest BCUT2D eigenvalue weighted by atomic mass is 79.9. The van der Waals surface area contributed by atoms with Gasteiger partial charge in [-0.05, 0) is 25.0 Å². The predicted octanol–water partition coefficient (Wildman–Crippen LogP) is 3.42. The molecule has 0 bridgehead atoms. The number of nitrogens with two attached hydrogens (primary N) is 1. The molecule has 1 saturated heterocycles. The molecule has 0 spiro atoms. The maximum absolute atomic E-state index is 6.27. The van der Waals surface area contributed by atoms with Crippen molar-refractivity contribution in [3.8, 4) is 11.3 Å². The minimum Gasteiger partial charge on any atom is -0.354 e. The lowest BCUT2D eigenvalue weighted by molar-refractivity contribution is 0.503. The zero-order valence-corrected chi connectivity index (χ0v) is 13.3. The standard InChI is InChI=1S/C14H16BrClN4/c15-9-3-4-11(12(16)6-9)13-7-14(19-18-13)20-5-1-2-10(17)8-20/h3-4,6-7,10H,1-2,5,8,17H2,(H,18,19). The van der Waals surface area contributed by atoms with Crippen molar-refractivity contribution in [3.05, 3.63) is 33.8 Å². The summed E-state index contributed by atoms with van der Waals surface area (Å²) >= 11 is 9.68. The summed E-state index contributed by atoms with van der Waals surface area (Å²) in [6.45, 7) is 1.87. The highest BCUT2D eigenvalue weighted by Crippen LogP contribution is 2.31. The number of aromatic amines is 1. The normalized spacial score (nSPS) is 19.4. The molecule has 1 aliphatic heterocycles. The Bertz CT molecular complexity index is 613. The van der Waals surface area contributed by atoms with Gasteiger partial charge in [0, 0.05) is 35.2 Å². The molecule has 0 radical (unpaired) electrons. The molecule has 6 heteroatoms. The van der Waals surface area contributed by atoms with Crippen molar-refractivity contribution in [2.24, 2.45) is 5.73 Å². The second kappa shape index (κ2) is 5.76. The largest absolute Gasteiger partial charge is 0.354 e. The maximum Gasteiger partial charge on any atom is 0.151 e. The summed E-state index contributed by atoms with van der Waals surface area (Å²) in [4.78, 5) is 2.22. The second-order valence-corrected chi connectivity index (χ2v) is 6.44. The number of hydrogen-bond acceptors (Lipinski definition) is 3. The summed E-state index contributed by atoms with van der Waals surface area (Å²) in [6.07, 6.45) is 2.20. The van der Waals surface area contributed by atoms with E-state index in [1.165, 1.54) is 0 Å². The van der Waals surface area contributed by atoms with E-state index in [9.17, 15) is 0 Å². The fourth-order valence-electron chi connectivity index (χ4n) is 2.54. The molecule has 0 amide bonds. The minimum absolute atomic E-state index is 0.236. The highest BCUT2D eigenvalue weighted by Gasteiger charge is 2.19.